The highest BCUT2D eigenvalue weighted by atomic mass is 32.1. The van der Waals surface area contributed by atoms with Gasteiger partial charge in [-0.1, -0.05) is 5.16 Å². The summed E-state index contributed by atoms with van der Waals surface area (Å²) in [5.41, 5.74) is 10.2. The topological polar surface area (TPSA) is 150 Å². The van der Waals surface area contributed by atoms with Crippen LogP contribution in [0.4, 0.5) is 10.8 Å². The fourth-order valence-electron chi connectivity index (χ4n) is 8.92. The van der Waals surface area contributed by atoms with Crippen molar-refractivity contribution in [3.05, 3.63) is 33.5 Å². The Morgan fingerprint density at radius 3 is 2.67 bits per heavy atom. The second kappa shape index (κ2) is 11.4. The van der Waals surface area contributed by atoms with Crippen molar-refractivity contribution >= 4 is 33.2 Å². The smallest absolute Gasteiger partial charge is 0.186 e. The molecule has 0 amide bonds. The van der Waals surface area contributed by atoms with Gasteiger partial charge in [0.1, 0.15) is 16.9 Å². The van der Waals surface area contributed by atoms with E-state index >= 15 is 0 Å². The first-order valence-electron chi connectivity index (χ1n) is 16.8. The third kappa shape index (κ3) is 4.44. The van der Waals surface area contributed by atoms with Crippen molar-refractivity contribution in [3.8, 4) is 23.7 Å². The molecule has 46 heavy (non-hydrogen) atoms. The minimum absolute atomic E-state index is 0.0611. The number of nitrogens with zero attached hydrogens (tertiary/aromatic N) is 9. The fraction of sp³-hybridized carbons (Fsp3) is 0.588. The summed E-state index contributed by atoms with van der Waals surface area (Å²) in [4.78, 5) is 16.4. The highest BCUT2D eigenvalue weighted by Gasteiger charge is 2.49. The second-order valence-corrected chi connectivity index (χ2v) is 14.9. The molecule has 0 radical (unpaired) electrons. The zero-order valence-electron chi connectivity index (χ0n) is 26.6. The monoisotopic (exact) mass is 636 g/mol. The summed E-state index contributed by atoms with van der Waals surface area (Å²) < 4.78 is 8.43. The number of fused-ring (bicyclic) bond motifs is 5. The van der Waals surface area contributed by atoms with E-state index in [1.807, 2.05) is 6.20 Å². The SMILES string of the molecule is CC(C1CCCN1C)n1ncc2c(N3CCCC(C#N)CC3)nc(-c3noc4c3CCCC43CCCc4sc(N)c(C#N)c43)nc21. The number of aromatic nitrogens is 5. The van der Waals surface area contributed by atoms with Crippen molar-refractivity contribution in [1.82, 2.24) is 29.8 Å². The van der Waals surface area contributed by atoms with E-state index in [2.05, 4.69) is 40.6 Å². The zero-order valence-corrected chi connectivity index (χ0v) is 27.4. The molecule has 0 bridgehead atoms. The number of likely N-dealkylation sites (N-methyl/N-ethyl adjacent to an activating group) is 1. The molecule has 238 valence electrons. The molecule has 2 N–H and O–H groups in total. The molecule has 2 fully saturated rings. The van der Waals surface area contributed by atoms with E-state index in [0.717, 1.165) is 118 Å². The number of thiophene rings is 1. The number of hydrogen-bond donors (Lipinski definition) is 1. The molecule has 4 aliphatic rings. The number of nitrogen functional groups attached to an aromatic ring is 1. The molecule has 11 nitrogen and oxygen atoms in total. The highest BCUT2D eigenvalue weighted by molar-refractivity contribution is 7.16. The van der Waals surface area contributed by atoms with Crippen molar-refractivity contribution in [3.63, 3.8) is 0 Å². The van der Waals surface area contributed by atoms with Crippen LogP contribution >= 0.6 is 11.3 Å². The van der Waals surface area contributed by atoms with Gasteiger partial charge in [-0.2, -0.15) is 15.6 Å². The third-order valence-electron chi connectivity index (χ3n) is 11.2. The predicted octanol–water partition coefficient (Wildman–Crippen LogP) is 5.74. The van der Waals surface area contributed by atoms with E-state index < -0.39 is 5.41 Å². The maximum absolute atomic E-state index is 10.1. The van der Waals surface area contributed by atoms with Gasteiger partial charge in [-0.05, 0) is 96.7 Å². The van der Waals surface area contributed by atoms with Crippen LogP contribution in [0.2, 0.25) is 0 Å². The largest absolute Gasteiger partial charge is 0.389 e. The number of nitrogens with two attached hydrogens (primary N) is 1. The average Bonchev–Trinajstić information content (AvgIpc) is 3.83. The van der Waals surface area contributed by atoms with Crippen LogP contribution in [-0.2, 0) is 18.3 Å². The normalized spacial score (nSPS) is 25.6. The van der Waals surface area contributed by atoms with Crippen LogP contribution in [0.15, 0.2) is 10.7 Å². The average molecular weight is 637 g/mol. The number of aryl methyl sites for hydroxylation is 1. The lowest BCUT2D eigenvalue weighted by Gasteiger charge is -2.39. The molecule has 0 aromatic carbocycles. The summed E-state index contributed by atoms with van der Waals surface area (Å²) in [6, 6.07) is 5.43. The van der Waals surface area contributed by atoms with E-state index in [-0.39, 0.29) is 12.0 Å². The maximum Gasteiger partial charge on any atom is 0.186 e. The Morgan fingerprint density at radius 2 is 1.89 bits per heavy atom. The van der Waals surface area contributed by atoms with Crippen LogP contribution in [0.1, 0.15) is 98.1 Å². The Kier molecular flexibility index (Phi) is 7.26. The van der Waals surface area contributed by atoms with Gasteiger partial charge in [0.25, 0.3) is 0 Å². The Bertz CT molecular complexity index is 1890. The standard InChI is InChI=1S/C34H40N10OS/c1-20(25-9-6-14-42(25)2)44-33-24(19-38-44)32(43-15-5-7-21(17-35)11-16-43)39-31(40-33)28-22-8-3-12-34(29(22)45-41-28)13-4-10-26-27(34)23(18-36)30(37)46-26/h19-21,25H,3-16,37H2,1-2H3. The number of anilines is 2. The molecule has 6 heterocycles. The van der Waals surface area contributed by atoms with Crippen LogP contribution < -0.4 is 10.6 Å². The van der Waals surface area contributed by atoms with E-state index in [9.17, 15) is 10.5 Å². The molecular formula is C34H40N10OS. The van der Waals surface area contributed by atoms with Gasteiger partial charge >= 0.3 is 0 Å². The zero-order chi connectivity index (χ0) is 31.6. The van der Waals surface area contributed by atoms with Crippen molar-refractivity contribution in [1.29, 1.82) is 10.5 Å². The van der Waals surface area contributed by atoms with E-state index in [1.165, 1.54) is 11.3 Å². The molecule has 1 spiro atoms. The van der Waals surface area contributed by atoms with Crippen molar-refractivity contribution < 1.29 is 4.52 Å². The number of likely N-dealkylation sites (tertiary alicyclic amines) is 1. The molecule has 4 unspecified atom stereocenters. The summed E-state index contributed by atoms with van der Waals surface area (Å²) in [6.45, 7) is 4.92. The molecule has 4 aromatic rings. The van der Waals surface area contributed by atoms with E-state index in [4.69, 9.17) is 30.5 Å². The van der Waals surface area contributed by atoms with E-state index in [1.54, 1.807) is 11.3 Å². The van der Waals surface area contributed by atoms with Crippen LogP contribution in [0.5, 0.6) is 0 Å². The quantitative estimate of drug-likeness (QED) is 0.294. The number of nitriles is 2. The molecule has 2 aliphatic carbocycles. The fourth-order valence-corrected chi connectivity index (χ4v) is 10.1. The maximum atomic E-state index is 10.1. The third-order valence-corrected chi connectivity index (χ3v) is 12.3. The van der Waals surface area contributed by atoms with Gasteiger partial charge in [0, 0.05) is 35.5 Å². The Balaban J connectivity index is 1.28. The van der Waals surface area contributed by atoms with Crippen LogP contribution in [-0.4, -0.2) is 62.5 Å². The Hall–Kier alpha value is -4.00. The van der Waals surface area contributed by atoms with Crippen molar-refractivity contribution in [2.75, 3.05) is 37.3 Å². The molecule has 12 heteroatoms. The number of hydrogen-bond acceptors (Lipinski definition) is 11. The minimum atomic E-state index is -0.404. The summed E-state index contributed by atoms with van der Waals surface area (Å²) in [5, 5.41) is 31.0. The minimum Gasteiger partial charge on any atom is -0.389 e. The van der Waals surface area contributed by atoms with Crippen LogP contribution in [0, 0.1) is 28.6 Å². The first kappa shape index (κ1) is 29.4. The van der Waals surface area contributed by atoms with Crippen molar-refractivity contribution in [2.45, 2.75) is 95.1 Å². The summed E-state index contributed by atoms with van der Waals surface area (Å²) >= 11 is 1.55. The van der Waals surface area contributed by atoms with E-state index in [0.29, 0.717) is 28.1 Å². The Labute approximate surface area is 273 Å². The molecule has 2 saturated heterocycles. The van der Waals surface area contributed by atoms with Crippen LogP contribution in [0.25, 0.3) is 22.6 Å². The lowest BCUT2D eigenvalue weighted by molar-refractivity contribution is 0.232. The van der Waals surface area contributed by atoms with Gasteiger partial charge in [-0.3, -0.25) is 0 Å². The molecule has 4 aromatic heterocycles. The van der Waals surface area contributed by atoms with Gasteiger partial charge in [-0.15, -0.1) is 11.3 Å². The summed E-state index contributed by atoms with van der Waals surface area (Å²) in [6.07, 6.45) is 12.4. The first-order chi connectivity index (χ1) is 22.4. The summed E-state index contributed by atoms with van der Waals surface area (Å²) in [7, 11) is 2.20. The molecule has 2 aliphatic heterocycles. The number of rotatable bonds is 4. The molecule has 4 atom stereocenters. The second-order valence-electron chi connectivity index (χ2n) is 13.8. The van der Waals surface area contributed by atoms with Gasteiger partial charge in [0.15, 0.2) is 22.9 Å². The lowest BCUT2D eigenvalue weighted by atomic mass is 9.63. The molecular weight excluding hydrogens is 597 g/mol. The molecule has 0 saturated carbocycles. The lowest BCUT2D eigenvalue weighted by Crippen LogP contribution is -2.35. The van der Waals surface area contributed by atoms with Gasteiger partial charge in [0.2, 0.25) is 0 Å². The van der Waals surface area contributed by atoms with Crippen molar-refractivity contribution in [2.24, 2.45) is 5.92 Å². The van der Waals surface area contributed by atoms with Gasteiger partial charge < -0.3 is 20.1 Å². The highest BCUT2D eigenvalue weighted by Crippen LogP contribution is 2.55. The van der Waals surface area contributed by atoms with Gasteiger partial charge in [-0.25, -0.2) is 14.6 Å². The van der Waals surface area contributed by atoms with Gasteiger partial charge in [0.05, 0.1) is 34.7 Å². The predicted molar refractivity (Wildman–Crippen MR) is 176 cm³/mol. The Morgan fingerprint density at radius 1 is 1.07 bits per heavy atom. The summed E-state index contributed by atoms with van der Waals surface area (Å²) in [5.74, 6) is 2.33. The molecule has 8 rings (SSSR count). The van der Waals surface area contributed by atoms with Crippen LogP contribution in [0.3, 0.4) is 0 Å². The first-order valence-corrected chi connectivity index (χ1v) is 17.7.